The van der Waals surface area contributed by atoms with E-state index < -0.39 is 12.7 Å². The van der Waals surface area contributed by atoms with E-state index in [1.807, 2.05) is 54.6 Å². The van der Waals surface area contributed by atoms with Crippen LogP contribution in [-0.2, 0) is 13.1 Å². The monoisotopic (exact) mass is 545 g/mol. The van der Waals surface area contributed by atoms with Gasteiger partial charge in [-0.2, -0.15) is 13.2 Å². The second kappa shape index (κ2) is 11.3. The minimum Gasteiger partial charge on any atom is -0.368 e. The van der Waals surface area contributed by atoms with Crippen molar-refractivity contribution >= 4 is 28.9 Å². The molecule has 6 nitrogen and oxygen atoms in total. The van der Waals surface area contributed by atoms with Gasteiger partial charge in [-0.15, -0.1) is 0 Å². The third kappa shape index (κ3) is 6.27. The lowest BCUT2D eigenvalue weighted by Gasteiger charge is -2.36. The molecule has 0 atom stereocenters. The van der Waals surface area contributed by atoms with Crippen molar-refractivity contribution in [3.05, 3.63) is 83.1 Å². The topological polar surface area (TPSA) is 35.0 Å². The van der Waals surface area contributed by atoms with Crippen LogP contribution in [0.3, 0.4) is 0 Å². The van der Waals surface area contributed by atoms with Crippen molar-refractivity contribution in [3.8, 4) is 0 Å². The molecular weight excluding hydrogens is 515 g/mol. The first-order chi connectivity index (χ1) is 18.3. The normalized spacial score (nSPS) is 17.2. The van der Waals surface area contributed by atoms with Gasteiger partial charge >= 0.3 is 6.18 Å². The maximum Gasteiger partial charge on any atom is 0.406 e. The number of carbonyl (C=O) groups excluding carboxylic acids is 1. The molecule has 10 heteroatoms. The first kappa shape index (κ1) is 26.4. The van der Waals surface area contributed by atoms with Gasteiger partial charge in [-0.3, -0.25) is 9.69 Å². The summed E-state index contributed by atoms with van der Waals surface area (Å²) in [6.07, 6.45) is -2.93. The van der Waals surface area contributed by atoms with E-state index in [1.165, 1.54) is 6.20 Å². The molecule has 2 aliphatic rings. The Hall–Kier alpha value is -3.17. The van der Waals surface area contributed by atoms with Gasteiger partial charge in [-0.1, -0.05) is 41.9 Å². The van der Waals surface area contributed by atoms with E-state index in [-0.39, 0.29) is 11.6 Å². The second-order valence-electron chi connectivity index (χ2n) is 9.81. The van der Waals surface area contributed by atoms with Gasteiger partial charge in [-0.25, -0.2) is 0 Å². The van der Waals surface area contributed by atoms with E-state index in [9.17, 15) is 18.0 Å². The van der Waals surface area contributed by atoms with Crippen molar-refractivity contribution in [1.82, 2.24) is 14.4 Å². The van der Waals surface area contributed by atoms with Gasteiger partial charge in [0.2, 0.25) is 0 Å². The highest BCUT2D eigenvalue weighted by Gasteiger charge is 2.32. The average molecular weight is 546 g/mol. The van der Waals surface area contributed by atoms with Crippen LogP contribution >= 0.6 is 11.6 Å². The summed E-state index contributed by atoms with van der Waals surface area (Å²) in [5.74, 6) is -0.350. The fourth-order valence-corrected chi connectivity index (χ4v) is 5.50. The third-order valence-electron chi connectivity index (χ3n) is 7.18. The van der Waals surface area contributed by atoms with Crippen molar-refractivity contribution < 1.29 is 18.0 Å². The Labute approximate surface area is 225 Å². The van der Waals surface area contributed by atoms with Crippen LogP contribution in [-0.4, -0.2) is 78.8 Å². The minimum atomic E-state index is -4.42. The molecule has 3 heterocycles. The number of amides is 1. The Morgan fingerprint density at radius 2 is 1.45 bits per heavy atom. The molecule has 1 aromatic heterocycles. The number of aromatic nitrogens is 1. The molecule has 0 saturated carbocycles. The molecule has 1 amide bonds. The van der Waals surface area contributed by atoms with E-state index in [0.717, 1.165) is 42.1 Å². The summed E-state index contributed by atoms with van der Waals surface area (Å²) in [6.45, 7) is 4.54. The van der Waals surface area contributed by atoms with Gasteiger partial charge in [0.05, 0.1) is 10.7 Å². The molecule has 0 radical (unpaired) electrons. The fraction of sp³-hybridized carbons (Fsp3) is 0.393. The lowest BCUT2D eigenvalue weighted by molar-refractivity contribution is -0.140. The predicted octanol–water partition coefficient (Wildman–Crippen LogP) is 4.99. The number of hydrogen-bond donors (Lipinski definition) is 0. The van der Waals surface area contributed by atoms with Crippen LogP contribution in [0, 0.1) is 0 Å². The van der Waals surface area contributed by atoms with Crippen LogP contribution in [0.5, 0.6) is 0 Å². The Bertz CT molecular complexity index is 1230. The first-order valence-corrected chi connectivity index (χ1v) is 13.2. The number of benzene rings is 2. The number of alkyl halides is 3. The van der Waals surface area contributed by atoms with Gasteiger partial charge in [0.1, 0.15) is 12.2 Å². The zero-order valence-electron chi connectivity index (χ0n) is 21.1. The van der Waals surface area contributed by atoms with Crippen LogP contribution in [0.1, 0.15) is 16.1 Å². The molecule has 5 rings (SSSR count). The van der Waals surface area contributed by atoms with Crippen molar-refractivity contribution in [2.45, 2.75) is 19.3 Å². The van der Waals surface area contributed by atoms with E-state index in [0.29, 0.717) is 43.3 Å². The first-order valence-electron chi connectivity index (χ1n) is 12.8. The molecule has 202 valence electrons. The maximum atomic E-state index is 13.4. The van der Waals surface area contributed by atoms with E-state index >= 15 is 0 Å². The molecule has 2 aromatic carbocycles. The highest BCUT2D eigenvalue weighted by Crippen LogP contribution is 2.27. The van der Waals surface area contributed by atoms with E-state index in [4.69, 9.17) is 11.6 Å². The smallest absolute Gasteiger partial charge is 0.368 e. The van der Waals surface area contributed by atoms with Crippen molar-refractivity contribution in [1.29, 1.82) is 0 Å². The number of piperazine rings is 2. The molecule has 2 fully saturated rings. The molecule has 0 spiro atoms. The van der Waals surface area contributed by atoms with Gasteiger partial charge in [-0.05, 0) is 35.9 Å². The SMILES string of the molecule is O=C(c1cc(CN2CCN(c3ccccc3Cl)CC2)cn1CC(F)(F)F)N1CCN(c2ccccc2)CC1. The molecule has 0 aliphatic carbocycles. The summed E-state index contributed by atoms with van der Waals surface area (Å²) in [5, 5.41) is 0.706. The summed E-state index contributed by atoms with van der Waals surface area (Å²) in [7, 11) is 0. The third-order valence-corrected chi connectivity index (χ3v) is 7.50. The lowest BCUT2D eigenvalue weighted by atomic mass is 10.2. The summed E-state index contributed by atoms with van der Waals surface area (Å²) in [6, 6.07) is 19.3. The number of rotatable bonds is 6. The van der Waals surface area contributed by atoms with Crippen molar-refractivity contribution in [2.24, 2.45) is 0 Å². The standard InChI is InChI=1S/C28H31ClF3N5O/c29-24-8-4-5-9-25(24)35-12-10-33(11-13-35)19-22-18-26(37(20-22)21-28(30,31)32)27(38)36-16-14-34(15-17-36)23-6-2-1-3-7-23/h1-9,18,20H,10-17,19,21H2. The number of nitrogens with zero attached hydrogens (tertiary/aromatic N) is 5. The van der Waals surface area contributed by atoms with E-state index in [1.54, 1.807) is 11.0 Å². The van der Waals surface area contributed by atoms with Crippen LogP contribution in [0.2, 0.25) is 5.02 Å². The number of halogens is 4. The highest BCUT2D eigenvalue weighted by atomic mass is 35.5. The molecule has 0 bridgehead atoms. The summed E-state index contributed by atoms with van der Waals surface area (Å²) in [4.78, 5) is 21.6. The molecule has 2 saturated heterocycles. The maximum absolute atomic E-state index is 13.4. The van der Waals surface area contributed by atoms with Gasteiger partial charge < -0.3 is 19.3 Å². The Morgan fingerprint density at radius 3 is 2.11 bits per heavy atom. The van der Waals surface area contributed by atoms with Crippen LogP contribution in [0.15, 0.2) is 66.9 Å². The number of para-hydroxylation sites is 2. The van der Waals surface area contributed by atoms with Crippen LogP contribution in [0.4, 0.5) is 24.5 Å². The average Bonchev–Trinajstić information content (AvgIpc) is 3.30. The molecule has 2 aliphatic heterocycles. The number of hydrogen-bond acceptors (Lipinski definition) is 4. The number of carbonyl (C=O) groups is 1. The van der Waals surface area contributed by atoms with Crippen LogP contribution in [0.25, 0.3) is 0 Å². The summed E-state index contributed by atoms with van der Waals surface area (Å²) >= 11 is 6.34. The zero-order valence-corrected chi connectivity index (χ0v) is 21.8. The second-order valence-corrected chi connectivity index (χ2v) is 10.2. The van der Waals surface area contributed by atoms with E-state index in [2.05, 4.69) is 14.7 Å². The Kier molecular flexibility index (Phi) is 7.85. The molecule has 38 heavy (non-hydrogen) atoms. The Balaban J connectivity index is 1.24. The lowest BCUT2D eigenvalue weighted by Crippen LogP contribution is -2.49. The van der Waals surface area contributed by atoms with Gasteiger partial charge in [0.25, 0.3) is 5.91 Å². The molecule has 0 N–H and O–H groups in total. The van der Waals surface area contributed by atoms with Gasteiger partial charge in [0.15, 0.2) is 0 Å². The zero-order chi connectivity index (χ0) is 26.7. The van der Waals surface area contributed by atoms with Crippen molar-refractivity contribution in [2.75, 3.05) is 62.2 Å². The fourth-order valence-electron chi connectivity index (χ4n) is 5.24. The Morgan fingerprint density at radius 1 is 0.816 bits per heavy atom. The van der Waals surface area contributed by atoms with Crippen molar-refractivity contribution in [3.63, 3.8) is 0 Å². The predicted molar refractivity (Wildman–Crippen MR) is 144 cm³/mol. The molecular formula is C28H31ClF3N5O. The summed E-state index contributed by atoms with van der Waals surface area (Å²) in [5.41, 5.74) is 2.88. The molecule has 0 unspecified atom stereocenters. The van der Waals surface area contributed by atoms with Gasteiger partial charge in [0, 0.05) is 70.8 Å². The summed E-state index contributed by atoms with van der Waals surface area (Å²) < 4.78 is 41.2. The largest absolute Gasteiger partial charge is 0.406 e. The highest BCUT2D eigenvalue weighted by molar-refractivity contribution is 6.33. The number of anilines is 2. The van der Waals surface area contributed by atoms with Crippen LogP contribution < -0.4 is 9.80 Å². The minimum absolute atomic E-state index is 0.0974. The molecule has 3 aromatic rings. The quantitative estimate of drug-likeness (QED) is 0.437.